The Labute approximate surface area is 126 Å². The molecule has 0 saturated heterocycles. The molecule has 1 N–H and O–H groups in total. The van der Waals surface area contributed by atoms with Gasteiger partial charge in [-0.3, -0.25) is 4.99 Å². The summed E-state index contributed by atoms with van der Waals surface area (Å²) in [6.07, 6.45) is 7.80. The van der Waals surface area contributed by atoms with Crippen molar-refractivity contribution in [3.05, 3.63) is 12.3 Å². The van der Waals surface area contributed by atoms with Crippen LogP contribution in [0.5, 0.6) is 0 Å². The van der Waals surface area contributed by atoms with Gasteiger partial charge in [0.25, 0.3) is 0 Å². The SMILES string of the molecule is C/N=C(\C=C/NC(C)(C)C)CCCC1C(C)(C)C1(C)C. The lowest BCUT2D eigenvalue weighted by Gasteiger charge is -2.18. The molecule has 2 nitrogen and oxygen atoms in total. The van der Waals surface area contributed by atoms with Crippen molar-refractivity contribution in [3.63, 3.8) is 0 Å². The van der Waals surface area contributed by atoms with E-state index >= 15 is 0 Å². The first kappa shape index (κ1) is 17.3. The van der Waals surface area contributed by atoms with E-state index in [1.165, 1.54) is 18.6 Å². The molecule has 0 aromatic carbocycles. The molecule has 0 amide bonds. The van der Waals surface area contributed by atoms with Crippen molar-refractivity contribution >= 4 is 5.71 Å². The van der Waals surface area contributed by atoms with Gasteiger partial charge < -0.3 is 5.32 Å². The summed E-state index contributed by atoms with van der Waals surface area (Å²) in [6.45, 7) is 16.1. The van der Waals surface area contributed by atoms with Crippen molar-refractivity contribution < 1.29 is 0 Å². The van der Waals surface area contributed by atoms with Crippen LogP contribution < -0.4 is 5.32 Å². The van der Waals surface area contributed by atoms with Crippen LogP contribution in [0.3, 0.4) is 0 Å². The number of rotatable bonds is 6. The fourth-order valence-corrected chi connectivity index (χ4v) is 3.20. The molecule has 2 heteroatoms. The Morgan fingerprint density at radius 1 is 1.15 bits per heavy atom. The minimum atomic E-state index is 0.122. The number of aliphatic imine (C=N–C) groups is 1. The van der Waals surface area contributed by atoms with Crippen LogP contribution in [-0.4, -0.2) is 18.3 Å². The normalized spacial score (nSPS) is 22.3. The van der Waals surface area contributed by atoms with Gasteiger partial charge in [-0.15, -0.1) is 0 Å². The highest BCUT2D eigenvalue weighted by Gasteiger charge is 2.63. The van der Waals surface area contributed by atoms with Gasteiger partial charge in [0.1, 0.15) is 0 Å². The molecule has 1 saturated carbocycles. The van der Waals surface area contributed by atoms with Gasteiger partial charge in [-0.25, -0.2) is 0 Å². The van der Waals surface area contributed by atoms with E-state index in [4.69, 9.17) is 0 Å². The van der Waals surface area contributed by atoms with Crippen LogP contribution in [0, 0.1) is 16.7 Å². The van der Waals surface area contributed by atoms with Crippen LogP contribution in [0.1, 0.15) is 67.7 Å². The summed E-state index contributed by atoms with van der Waals surface area (Å²) in [7, 11) is 1.89. The summed E-state index contributed by atoms with van der Waals surface area (Å²) < 4.78 is 0. The van der Waals surface area contributed by atoms with Crippen LogP contribution in [0.4, 0.5) is 0 Å². The lowest BCUT2D eigenvalue weighted by atomic mass is 10.0. The average Bonchev–Trinajstić information content (AvgIpc) is 2.67. The third-order valence-electron chi connectivity index (χ3n) is 5.32. The highest BCUT2D eigenvalue weighted by molar-refractivity contribution is 5.94. The second kappa shape index (κ2) is 5.91. The predicted molar refractivity (Wildman–Crippen MR) is 90.3 cm³/mol. The third-order valence-corrected chi connectivity index (χ3v) is 5.32. The van der Waals surface area contributed by atoms with Crippen LogP contribution in [-0.2, 0) is 0 Å². The summed E-state index contributed by atoms with van der Waals surface area (Å²) in [5, 5.41) is 3.36. The number of allylic oxidation sites excluding steroid dienone is 1. The van der Waals surface area contributed by atoms with E-state index in [-0.39, 0.29) is 5.54 Å². The Bertz CT molecular complexity index is 367. The van der Waals surface area contributed by atoms with E-state index < -0.39 is 0 Å². The molecule has 0 aromatic rings. The van der Waals surface area contributed by atoms with Gasteiger partial charge in [-0.1, -0.05) is 27.7 Å². The maximum atomic E-state index is 4.39. The van der Waals surface area contributed by atoms with E-state index in [9.17, 15) is 0 Å². The lowest BCUT2D eigenvalue weighted by molar-refractivity contribution is 0.457. The van der Waals surface area contributed by atoms with Crippen LogP contribution in [0.25, 0.3) is 0 Å². The molecule has 0 spiro atoms. The number of hydrogen-bond acceptors (Lipinski definition) is 2. The summed E-state index contributed by atoms with van der Waals surface area (Å²) in [4.78, 5) is 4.39. The average molecular weight is 278 g/mol. The first-order valence-electron chi connectivity index (χ1n) is 7.92. The fraction of sp³-hybridized carbons (Fsp3) is 0.833. The molecule has 0 aliphatic heterocycles. The van der Waals surface area contributed by atoms with Crippen LogP contribution in [0.15, 0.2) is 17.3 Å². The van der Waals surface area contributed by atoms with E-state index in [1.54, 1.807) is 0 Å². The summed E-state index contributed by atoms with van der Waals surface area (Å²) in [5.41, 5.74) is 2.34. The second-order valence-corrected chi connectivity index (χ2v) is 8.33. The summed E-state index contributed by atoms with van der Waals surface area (Å²) in [5.74, 6) is 0.866. The van der Waals surface area contributed by atoms with Crippen molar-refractivity contribution in [2.24, 2.45) is 21.7 Å². The van der Waals surface area contributed by atoms with Crippen molar-refractivity contribution in [2.45, 2.75) is 73.3 Å². The topological polar surface area (TPSA) is 24.4 Å². The van der Waals surface area contributed by atoms with Gasteiger partial charge in [-0.05, 0) is 69.1 Å². The van der Waals surface area contributed by atoms with E-state index in [2.05, 4.69) is 64.9 Å². The Balaban J connectivity index is 2.34. The summed E-state index contributed by atoms with van der Waals surface area (Å²) >= 11 is 0. The van der Waals surface area contributed by atoms with Crippen LogP contribution >= 0.6 is 0 Å². The molecule has 1 fully saturated rings. The van der Waals surface area contributed by atoms with Gasteiger partial charge >= 0.3 is 0 Å². The fourth-order valence-electron chi connectivity index (χ4n) is 3.20. The van der Waals surface area contributed by atoms with E-state index in [0.29, 0.717) is 10.8 Å². The van der Waals surface area contributed by atoms with Crippen LogP contribution in [0.2, 0.25) is 0 Å². The van der Waals surface area contributed by atoms with Gasteiger partial charge in [0.15, 0.2) is 0 Å². The van der Waals surface area contributed by atoms with Gasteiger partial charge in [0.05, 0.1) is 0 Å². The molecule has 0 heterocycles. The van der Waals surface area contributed by atoms with Crippen molar-refractivity contribution in [3.8, 4) is 0 Å². The first-order valence-corrected chi connectivity index (χ1v) is 7.92. The van der Waals surface area contributed by atoms with Crippen molar-refractivity contribution in [1.82, 2.24) is 5.32 Å². The standard InChI is InChI=1S/C18H34N2/c1-16(2,3)20-13-12-14(19-8)10-9-11-15-17(4,5)18(15,6)7/h12-13,15,20H,9-11H2,1-8H3/b13-12-,19-14-. The highest BCUT2D eigenvalue weighted by atomic mass is 14.9. The Kier molecular flexibility index (Phi) is 5.10. The molecule has 1 aliphatic rings. The minimum absolute atomic E-state index is 0.122. The highest BCUT2D eigenvalue weighted by Crippen LogP contribution is 2.70. The van der Waals surface area contributed by atoms with Gasteiger partial charge in [0, 0.05) is 18.3 Å². The quantitative estimate of drug-likeness (QED) is 0.693. The molecule has 1 aliphatic carbocycles. The monoisotopic (exact) mass is 278 g/mol. The zero-order valence-corrected chi connectivity index (χ0v) is 14.8. The van der Waals surface area contributed by atoms with Gasteiger partial charge in [0.2, 0.25) is 0 Å². The second-order valence-electron chi connectivity index (χ2n) is 8.33. The first-order chi connectivity index (χ1) is 9.02. The van der Waals surface area contributed by atoms with Crippen molar-refractivity contribution in [1.29, 1.82) is 0 Å². The molecule has 0 atom stereocenters. The molecular formula is C18H34N2. The largest absolute Gasteiger partial charge is 0.386 e. The molecule has 116 valence electrons. The molecular weight excluding hydrogens is 244 g/mol. The van der Waals surface area contributed by atoms with Crippen molar-refractivity contribution in [2.75, 3.05) is 7.05 Å². The molecule has 0 radical (unpaired) electrons. The zero-order chi connectivity index (χ0) is 15.6. The smallest absolute Gasteiger partial charge is 0.0359 e. The molecule has 0 aromatic heterocycles. The zero-order valence-electron chi connectivity index (χ0n) is 14.8. The van der Waals surface area contributed by atoms with E-state index in [1.807, 2.05) is 13.2 Å². The third kappa shape index (κ3) is 4.10. The lowest BCUT2D eigenvalue weighted by Crippen LogP contribution is -2.31. The molecule has 0 unspecified atom stereocenters. The molecule has 1 rings (SSSR count). The molecule has 0 bridgehead atoms. The Morgan fingerprint density at radius 2 is 1.70 bits per heavy atom. The summed E-state index contributed by atoms with van der Waals surface area (Å²) in [6, 6.07) is 0. The maximum Gasteiger partial charge on any atom is 0.0359 e. The maximum absolute atomic E-state index is 4.39. The van der Waals surface area contributed by atoms with Gasteiger partial charge in [-0.2, -0.15) is 0 Å². The minimum Gasteiger partial charge on any atom is -0.386 e. The predicted octanol–water partition coefficient (Wildman–Crippen LogP) is 4.81. The van der Waals surface area contributed by atoms with E-state index in [0.717, 1.165) is 12.3 Å². The number of nitrogens with zero attached hydrogens (tertiary/aromatic N) is 1. The number of hydrogen-bond donors (Lipinski definition) is 1. The molecule has 20 heavy (non-hydrogen) atoms. The number of nitrogens with one attached hydrogen (secondary N) is 1. The Morgan fingerprint density at radius 3 is 2.10 bits per heavy atom. The Hall–Kier alpha value is -0.790.